The zero-order valence-electron chi connectivity index (χ0n) is 9.29. The van der Waals surface area contributed by atoms with E-state index in [1.807, 2.05) is 0 Å². The largest absolute Gasteiger partial charge is 0.481 e. The van der Waals surface area contributed by atoms with Crippen molar-refractivity contribution in [3.63, 3.8) is 0 Å². The standard InChI is InChI=1S/C10H12N2O5S/c11-7-1-3-8(4-2-7)18(16,17)12-9(13)5-6-10(14)15/h1-4H,5-6,11H2,(H,12,13)(H,14,15). The molecule has 0 radical (unpaired) electrons. The summed E-state index contributed by atoms with van der Waals surface area (Å²) in [6.45, 7) is 0. The van der Waals surface area contributed by atoms with Crippen molar-refractivity contribution in [2.24, 2.45) is 0 Å². The van der Waals surface area contributed by atoms with Crippen molar-refractivity contribution in [2.75, 3.05) is 5.73 Å². The second-order valence-electron chi connectivity index (χ2n) is 3.49. The molecule has 0 unspecified atom stereocenters. The van der Waals surface area contributed by atoms with Gasteiger partial charge in [-0.25, -0.2) is 13.1 Å². The van der Waals surface area contributed by atoms with Gasteiger partial charge in [-0.15, -0.1) is 0 Å². The molecule has 1 aromatic carbocycles. The highest BCUT2D eigenvalue weighted by atomic mass is 32.2. The average molecular weight is 272 g/mol. The van der Waals surface area contributed by atoms with E-state index in [1.54, 1.807) is 4.72 Å². The van der Waals surface area contributed by atoms with Gasteiger partial charge in [-0.1, -0.05) is 0 Å². The maximum absolute atomic E-state index is 11.7. The summed E-state index contributed by atoms with van der Waals surface area (Å²) in [6, 6.07) is 5.27. The lowest BCUT2D eigenvalue weighted by Gasteiger charge is -2.06. The van der Waals surface area contributed by atoms with Gasteiger partial charge >= 0.3 is 5.97 Å². The second-order valence-corrected chi connectivity index (χ2v) is 5.17. The van der Waals surface area contributed by atoms with Gasteiger partial charge in [-0.3, -0.25) is 9.59 Å². The number of benzene rings is 1. The molecule has 0 heterocycles. The number of hydrogen-bond donors (Lipinski definition) is 3. The van der Waals surface area contributed by atoms with Crippen molar-refractivity contribution < 1.29 is 23.1 Å². The number of carbonyl (C=O) groups is 2. The summed E-state index contributed by atoms with van der Waals surface area (Å²) in [5, 5.41) is 8.36. The fourth-order valence-corrected chi connectivity index (χ4v) is 2.14. The van der Waals surface area contributed by atoms with E-state index in [0.29, 0.717) is 5.69 Å². The fraction of sp³-hybridized carbons (Fsp3) is 0.200. The van der Waals surface area contributed by atoms with E-state index < -0.39 is 34.7 Å². The third-order valence-corrected chi connectivity index (χ3v) is 3.39. The molecular formula is C10H12N2O5S. The van der Waals surface area contributed by atoms with Gasteiger partial charge in [0.25, 0.3) is 10.0 Å². The van der Waals surface area contributed by atoms with E-state index in [-0.39, 0.29) is 4.90 Å². The van der Waals surface area contributed by atoms with Crippen molar-refractivity contribution in [3.8, 4) is 0 Å². The lowest BCUT2D eigenvalue weighted by atomic mass is 10.3. The molecule has 0 bridgehead atoms. The number of anilines is 1. The maximum Gasteiger partial charge on any atom is 0.303 e. The van der Waals surface area contributed by atoms with Crippen LogP contribution in [-0.4, -0.2) is 25.4 Å². The van der Waals surface area contributed by atoms with Crippen LogP contribution in [-0.2, 0) is 19.6 Å². The minimum atomic E-state index is -3.97. The molecule has 0 aliphatic carbocycles. The van der Waals surface area contributed by atoms with Crippen LogP contribution in [0.2, 0.25) is 0 Å². The van der Waals surface area contributed by atoms with Gasteiger partial charge in [-0.05, 0) is 24.3 Å². The number of sulfonamides is 1. The van der Waals surface area contributed by atoms with Gasteiger partial charge in [0.05, 0.1) is 11.3 Å². The van der Waals surface area contributed by atoms with E-state index in [2.05, 4.69) is 0 Å². The van der Waals surface area contributed by atoms with Crippen LogP contribution in [0.3, 0.4) is 0 Å². The molecule has 98 valence electrons. The first kappa shape index (κ1) is 14.0. The highest BCUT2D eigenvalue weighted by Gasteiger charge is 2.17. The van der Waals surface area contributed by atoms with Gasteiger partial charge in [0, 0.05) is 12.1 Å². The van der Waals surface area contributed by atoms with Crippen molar-refractivity contribution >= 4 is 27.6 Å². The van der Waals surface area contributed by atoms with E-state index in [1.165, 1.54) is 24.3 Å². The molecule has 1 rings (SSSR count). The van der Waals surface area contributed by atoms with Crippen LogP contribution in [0.1, 0.15) is 12.8 Å². The number of nitrogens with one attached hydrogen (secondary N) is 1. The summed E-state index contributed by atoms with van der Waals surface area (Å²) >= 11 is 0. The Morgan fingerprint density at radius 2 is 1.72 bits per heavy atom. The van der Waals surface area contributed by atoms with Crippen LogP contribution in [0.15, 0.2) is 29.2 Å². The van der Waals surface area contributed by atoms with E-state index in [0.717, 1.165) is 0 Å². The Morgan fingerprint density at radius 3 is 2.22 bits per heavy atom. The Bertz CT molecular complexity index is 550. The normalized spacial score (nSPS) is 10.9. The van der Waals surface area contributed by atoms with Gasteiger partial charge in [0.2, 0.25) is 5.91 Å². The molecule has 0 aliphatic heterocycles. The number of nitrogens with two attached hydrogens (primary N) is 1. The van der Waals surface area contributed by atoms with Crippen LogP contribution in [0, 0.1) is 0 Å². The maximum atomic E-state index is 11.7. The van der Waals surface area contributed by atoms with Gasteiger partial charge < -0.3 is 10.8 Å². The first-order valence-corrected chi connectivity index (χ1v) is 6.42. The first-order valence-electron chi connectivity index (χ1n) is 4.94. The number of carboxylic acids is 1. The predicted octanol–water partition coefficient (Wildman–Crippen LogP) is -0.0615. The summed E-state index contributed by atoms with van der Waals surface area (Å²) in [6.07, 6.45) is -0.827. The molecule has 0 spiro atoms. The summed E-state index contributed by atoms with van der Waals surface area (Å²) in [5.41, 5.74) is 5.80. The molecule has 7 nitrogen and oxygen atoms in total. The van der Waals surface area contributed by atoms with E-state index in [4.69, 9.17) is 10.8 Å². The predicted molar refractivity (Wildman–Crippen MR) is 63.1 cm³/mol. The average Bonchev–Trinajstić information content (AvgIpc) is 2.26. The quantitative estimate of drug-likeness (QED) is 0.644. The SMILES string of the molecule is Nc1ccc(S(=O)(=O)NC(=O)CCC(=O)O)cc1. The minimum Gasteiger partial charge on any atom is -0.481 e. The van der Waals surface area contributed by atoms with Crippen LogP contribution in [0.4, 0.5) is 5.69 Å². The highest BCUT2D eigenvalue weighted by molar-refractivity contribution is 7.90. The van der Waals surface area contributed by atoms with Crippen molar-refractivity contribution in [2.45, 2.75) is 17.7 Å². The highest BCUT2D eigenvalue weighted by Crippen LogP contribution is 2.11. The first-order chi connectivity index (χ1) is 8.31. The molecule has 0 aromatic heterocycles. The van der Waals surface area contributed by atoms with Crippen LogP contribution >= 0.6 is 0 Å². The Kier molecular flexibility index (Phi) is 4.27. The molecule has 0 saturated heterocycles. The Labute approximate surface area is 104 Å². The van der Waals surface area contributed by atoms with Crippen molar-refractivity contribution in [1.82, 2.24) is 4.72 Å². The molecule has 0 saturated carbocycles. The number of amides is 1. The zero-order chi connectivity index (χ0) is 13.8. The molecule has 1 amide bonds. The number of rotatable bonds is 5. The van der Waals surface area contributed by atoms with Gasteiger partial charge in [0.1, 0.15) is 0 Å². The molecule has 4 N–H and O–H groups in total. The molecule has 0 aliphatic rings. The van der Waals surface area contributed by atoms with Gasteiger partial charge in [-0.2, -0.15) is 0 Å². The minimum absolute atomic E-state index is 0.111. The third kappa shape index (κ3) is 4.06. The van der Waals surface area contributed by atoms with Crippen LogP contribution < -0.4 is 10.5 Å². The monoisotopic (exact) mass is 272 g/mol. The Balaban J connectivity index is 2.73. The molecule has 18 heavy (non-hydrogen) atoms. The Morgan fingerprint density at radius 1 is 1.17 bits per heavy atom. The third-order valence-electron chi connectivity index (χ3n) is 2.00. The van der Waals surface area contributed by atoms with Gasteiger partial charge in [0.15, 0.2) is 0 Å². The lowest BCUT2D eigenvalue weighted by molar-refractivity contribution is -0.138. The topological polar surface area (TPSA) is 127 Å². The number of hydrogen-bond acceptors (Lipinski definition) is 5. The molecule has 1 aromatic rings. The number of carboxylic acid groups (broad SMARTS) is 1. The summed E-state index contributed by atoms with van der Waals surface area (Å²) in [4.78, 5) is 21.3. The fourth-order valence-electron chi connectivity index (χ4n) is 1.13. The molecule has 8 heteroatoms. The zero-order valence-corrected chi connectivity index (χ0v) is 10.1. The van der Waals surface area contributed by atoms with Crippen molar-refractivity contribution in [3.05, 3.63) is 24.3 Å². The lowest BCUT2D eigenvalue weighted by Crippen LogP contribution is -2.30. The smallest absolute Gasteiger partial charge is 0.303 e. The number of carbonyl (C=O) groups excluding carboxylic acids is 1. The summed E-state index contributed by atoms with van der Waals surface area (Å²) < 4.78 is 25.1. The van der Waals surface area contributed by atoms with Crippen LogP contribution in [0.25, 0.3) is 0 Å². The Hall–Kier alpha value is -2.09. The summed E-state index contributed by atoms with van der Waals surface area (Å²) in [7, 11) is -3.97. The van der Waals surface area contributed by atoms with E-state index in [9.17, 15) is 18.0 Å². The number of aliphatic carboxylic acids is 1. The van der Waals surface area contributed by atoms with Crippen molar-refractivity contribution in [1.29, 1.82) is 0 Å². The number of nitrogen functional groups attached to an aromatic ring is 1. The van der Waals surface area contributed by atoms with Crippen LogP contribution in [0.5, 0.6) is 0 Å². The molecular weight excluding hydrogens is 260 g/mol. The molecule has 0 atom stereocenters. The second kappa shape index (κ2) is 5.50. The summed E-state index contributed by atoms with van der Waals surface area (Å²) in [5.74, 6) is -2.04. The molecule has 0 fully saturated rings. The van der Waals surface area contributed by atoms with E-state index >= 15 is 0 Å².